The summed E-state index contributed by atoms with van der Waals surface area (Å²) in [5.41, 5.74) is 3.63. The van der Waals surface area contributed by atoms with E-state index >= 15 is 0 Å². The van der Waals surface area contributed by atoms with Crippen LogP contribution in [0.15, 0.2) is 59.6 Å². The quantitative estimate of drug-likeness (QED) is 0.605. The molecule has 0 atom stereocenters. The topological polar surface area (TPSA) is 73.3 Å². The Morgan fingerprint density at radius 3 is 2.21 bits per heavy atom. The molecule has 3 aromatic rings. The highest BCUT2D eigenvalue weighted by Gasteiger charge is 2.08. The van der Waals surface area contributed by atoms with Gasteiger partial charge in [0.1, 0.15) is 16.5 Å². The predicted octanol–water partition coefficient (Wildman–Crippen LogP) is 4.20. The van der Waals surface area contributed by atoms with E-state index in [1.165, 1.54) is 17.3 Å². The Balaban J connectivity index is 1.58. The van der Waals surface area contributed by atoms with E-state index in [4.69, 9.17) is 9.47 Å². The van der Waals surface area contributed by atoms with Crippen LogP contribution in [0.2, 0.25) is 0 Å². The molecule has 0 aliphatic carbocycles. The lowest BCUT2D eigenvalue weighted by Gasteiger charge is -2.09. The summed E-state index contributed by atoms with van der Waals surface area (Å²) in [6.45, 7) is 2.04. The molecule has 0 spiro atoms. The number of nitrogens with one attached hydrogen (secondary N) is 1. The molecular formula is C21H21N3O3S. The minimum absolute atomic E-state index is 0.148. The van der Waals surface area contributed by atoms with E-state index in [0.29, 0.717) is 22.2 Å². The highest BCUT2D eigenvalue weighted by atomic mass is 32.2. The molecule has 2 aromatic carbocycles. The van der Waals surface area contributed by atoms with Crippen molar-refractivity contribution >= 4 is 23.4 Å². The van der Waals surface area contributed by atoms with E-state index in [-0.39, 0.29) is 11.7 Å². The minimum Gasteiger partial charge on any atom is -0.497 e. The van der Waals surface area contributed by atoms with Crippen LogP contribution in [0, 0.1) is 6.92 Å². The molecule has 0 aliphatic rings. The fourth-order valence-electron chi connectivity index (χ4n) is 2.49. The maximum Gasteiger partial charge on any atom is 0.234 e. The van der Waals surface area contributed by atoms with Crippen LogP contribution in [0.4, 0.5) is 5.69 Å². The first-order chi connectivity index (χ1) is 13.6. The van der Waals surface area contributed by atoms with Gasteiger partial charge in [0.05, 0.1) is 25.7 Å². The fourth-order valence-corrected chi connectivity index (χ4v) is 3.11. The van der Waals surface area contributed by atoms with Crippen molar-refractivity contribution in [2.75, 3.05) is 25.3 Å². The third-order valence-corrected chi connectivity index (χ3v) is 4.89. The van der Waals surface area contributed by atoms with E-state index in [1.54, 1.807) is 32.4 Å². The summed E-state index contributed by atoms with van der Waals surface area (Å²) in [5.74, 6) is 1.29. The van der Waals surface area contributed by atoms with Crippen molar-refractivity contribution in [1.29, 1.82) is 0 Å². The first-order valence-corrected chi connectivity index (χ1v) is 9.62. The number of ether oxygens (including phenoxy) is 2. The van der Waals surface area contributed by atoms with Gasteiger partial charge in [-0.2, -0.15) is 0 Å². The van der Waals surface area contributed by atoms with Crippen LogP contribution in [-0.4, -0.2) is 36.1 Å². The number of anilines is 1. The van der Waals surface area contributed by atoms with Gasteiger partial charge in [-0.15, -0.1) is 10.2 Å². The molecule has 6 nitrogen and oxygen atoms in total. The number of amides is 1. The number of methoxy groups -OCH3 is 2. The summed E-state index contributed by atoms with van der Waals surface area (Å²) in [6.07, 6.45) is 0. The van der Waals surface area contributed by atoms with Gasteiger partial charge in [0.15, 0.2) is 0 Å². The molecule has 0 unspecified atom stereocenters. The van der Waals surface area contributed by atoms with Crippen molar-refractivity contribution in [2.24, 2.45) is 0 Å². The van der Waals surface area contributed by atoms with Gasteiger partial charge in [0, 0.05) is 29.4 Å². The summed E-state index contributed by atoms with van der Waals surface area (Å²) in [7, 11) is 3.13. The number of aryl methyl sites for hydroxylation is 1. The summed E-state index contributed by atoms with van der Waals surface area (Å²) in [4.78, 5) is 12.2. The number of hydrogen-bond donors (Lipinski definition) is 1. The molecule has 1 amide bonds. The summed E-state index contributed by atoms with van der Waals surface area (Å²) in [6, 6.07) is 17.1. The van der Waals surface area contributed by atoms with Gasteiger partial charge in [-0.05, 0) is 19.1 Å². The monoisotopic (exact) mass is 395 g/mol. The van der Waals surface area contributed by atoms with Crippen LogP contribution in [0.3, 0.4) is 0 Å². The van der Waals surface area contributed by atoms with Crippen LogP contribution in [-0.2, 0) is 4.79 Å². The second-order valence-electron chi connectivity index (χ2n) is 6.06. The van der Waals surface area contributed by atoms with Gasteiger partial charge in [0.2, 0.25) is 5.91 Å². The first kappa shape index (κ1) is 19.7. The Morgan fingerprint density at radius 1 is 0.964 bits per heavy atom. The average molecular weight is 395 g/mol. The molecule has 1 heterocycles. The molecule has 0 fully saturated rings. The zero-order chi connectivity index (χ0) is 19.9. The number of carbonyl (C=O) groups excluding carboxylic acids is 1. The van der Waals surface area contributed by atoms with Gasteiger partial charge in [-0.3, -0.25) is 4.79 Å². The zero-order valence-electron chi connectivity index (χ0n) is 15.9. The molecule has 7 heteroatoms. The van der Waals surface area contributed by atoms with E-state index in [9.17, 15) is 4.79 Å². The highest BCUT2D eigenvalue weighted by Crippen LogP contribution is 2.26. The normalized spacial score (nSPS) is 10.4. The average Bonchev–Trinajstić information content (AvgIpc) is 2.73. The molecule has 0 saturated carbocycles. The van der Waals surface area contributed by atoms with Gasteiger partial charge >= 0.3 is 0 Å². The van der Waals surface area contributed by atoms with Crippen LogP contribution >= 0.6 is 11.8 Å². The lowest BCUT2D eigenvalue weighted by Crippen LogP contribution is -2.14. The van der Waals surface area contributed by atoms with Crippen molar-refractivity contribution in [2.45, 2.75) is 11.9 Å². The molecule has 3 rings (SSSR count). The minimum atomic E-state index is -0.148. The lowest BCUT2D eigenvalue weighted by atomic mass is 10.1. The largest absolute Gasteiger partial charge is 0.497 e. The number of hydrogen-bond acceptors (Lipinski definition) is 6. The molecular weight excluding hydrogens is 374 g/mol. The van der Waals surface area contributed by atoms with Crippen LogP contribution < -0.4 is 14.8 Å². The van der Waals surface area contributed by atoms with Crippen molar-refractivity contribution in [3.05, 3.63) is 60.2 Å². The first-order valence-electron chi connectivity index (χ1n) is 8.64. The van der Waals surface area contributed by atoms with E-state index in [2.05, 4.69) is 15.5 Å². The van der Waals surface area contributed by atoms with E-state index < -0.39 is 0 Å². The Bertz CT molecular complexity index is 922. The second-order valence-corrected chi connectivity index (χ2v) is 7.06. The summed E-state index contributed by atoms with van der Waals surface area (Å²) >= 11 is 1.33. The lowest BCUT2D eigenvalue weighted by molar-refractivity contribution is -0.113. The fraction of sp³-hybridized carbons (Fsp3) is 0.190. The molecule has 1 N–H and O–H groups in total. The number of nitrogens with zero attached hydrogens (tertiary/aromatic N) is 2. The van der Waals surface area contributed by atoms with Gasteiger partial charge in [0.25, 0.3) is 0 Å². The Hall–Kier alpha value is -3.06. The Morgan fingerprint density at radius 2 is 1.64 bits per heavy atom. The number of thioether (sulfide) groups is 1. The van der Waals surface area contributed by atoms with Crippen molar-refractivity contribution in [3.63, 3.8) is 0 Å². The predicted molar refractivity (Wildman–Crippen MR) is 111 cm³/mol. The van der Waals surface area contributed by atoms with Crippen molar-refractivity contribution in [1.82, 2.24) is 10.2 Å². The zero-order valence-corrected chi connectivity index (χ0v) is 16.7. The Labute approximate surface area is 168 Å². The summed E-state index contributed by atoms with van der Waals surface area (Å²) < 4.78 is 10.4. The third kappa shape index (κ3) is 5.23. The van der Waals surface area contributed by atoms with Crippen molar-refractivity contribution in [3.8, 4) is 22.8 Å². The van der Waals surface area contributed by atoms with E-state index in [1.807, 2.05) is 43.3 Å². The third-order valence-electron chi connectivity index (χ3n) is 3.97. The number of benzene rings is 2. The van der Waals surface area contributed by atoms with Crippen LogP contribution in [0.25, 0.3) is 11.3 Å². The molecule has 0 saturated heterocycles. The van der Waals surface area contributed by atoms with Gasteiger partial charge < -0.3 is 14.8 Å². The maximum absolute atomic E-state index is 12.2. The summed E-state index contributed by atoms with van der Waals surface area (Å²) in [5, 5.41) is 12.0. The molecule has 0 radical (unpaired) electrons. The second kappa shape index (κ2) is 9.23. The molecule has 144 valence electrons. The number of aromatic nitrogens is 2. The number of rotatable bonds is 7. The highest BCUT2D eigenvalue weighted by molar-refractivity contribution is 7.99. The van der Waals surface area contributed by atoms with E-state index in [0.717, 1.165) is 11.3 Å². The van der Waals surface area contributed by atoms with Crippen LogP contribution in [0.5, 0.6) is 11.5 Å². The van der Waals surface area contributed by atoms with Crippen molar-refractivity contribution < 1.29 is 14.3 Å². The van der Waals surface area contributed by atoms with Crippen LogP contribution in [0.1, 0.15) is 5.56 Å². The maximum atomic E-state index is 12.2. The molecule has 0 aliphatic heterocycles. The Kier molecular flexibility index (Phi) is 6.49. The molecule has 1 aromatic heterocycles. The molecule has 0 bridgehead atoms. The smallest absolute Gasteiger partial charge is 0.234 e. The van der Waals surface area contributed by atoms with Gasteiger partial charge in [-0.1, -0.05) is 41.6 Å². The SMILES string of the molecule is COc1cc(NC(=O)CSc2ccc(-c3ccc(C)cc3)nn2)cc(OC)c1. The molecule has 28 heavy (non-hydrogen) atoms. The van der Waals surface area contributed by atoms with Gasteiger partial charge in [-0.25, -0.2) is 0 Å². The standard InChI is InChI=1S/C21H21N3O3S/c1-14-4-6-15(7-5-14)19-8-9-21(24-23-19)28-13-20(25)22-16-10-17(26-2)12-18(11-16)27-3/h4-12H,13H2,1-3H3,(H,22,25). The number of carbonyl (C=O) groups is 1.